The number of rotatable bonds is 1. The molecular formula is C15H17N5O. The zero-order valence-corrected chi connectivity index (χ0v) is 11.6. The summed E-state index contributed by atoms with van der Waals surface area (Å²) in [6, 6.07) is 3.61. The predicted octanol–water partition coefficient (Wildman–Crippen LogP) is 1.29. The third-order valence-corrected chi connectivity index (χ3v) is 4.34. The van der Waals surface area contributed by atoms with Crippen molar-refractivity contribution in [3.05, 3.63) is 29.0 Å². The maximum atomic E-state index is 12.1. The third kappa shape index (κ3) is 1.91. The molecule has 6 nitrogen and oxygen atoms in total. The number of carbonyl (C=O) groups excluding carboxylic acids is 1. The summed E-state index contributed by atoms with van der Waals surface area (Å²) >= 11 is 0. The van der Waals surface area contributed by atoms with Gasteiger partial charge in [0, 0.05) is 33.8 Å². The summed E-state index contributed by atoms with van der Waals surface area (Å²) in [7, 11) is 0. The molecule has 5 N–H and O–H groups in total. The van der Waals surface area contributed by atoms with Gasteiger partial charge in [0.15, 0.2) is 0 Å². The summed E-state index contributed by atoms with van der Waals surface area (Å²) in [5.74, 6) is 0.250. The topological polar surface area (TPSA) is 95.3 Å². The number of nitrogens with one attached hydrogen (secondary N) is 3. The van der Waals surface area contributed by atoms with Gasteiger partial charge in [0.05, 0.1) is 11.8 Å². The number of anilines is 1. The number of benzene rings is 1. The molecule has 2 aromatic rings. The Labute approximate surface area is 121 Å². The Morgan fingerprint density at radius 2 is 2.05 bits per heavy atom. The van der Waals surface area contributed by atoms with Crippen molar-refractivity contribution < 1.29 is 4.79 Å². The lowest BCUT2D eigenvalue weighted by molar-refractivity contribution is 0.0957. The van der Waals surface area contributed by atoms with Gasteiger partial charge in [0.25, 0.3) is 5.91 Å². The summed E-state index contributed by atoms with van der Waals surface area (Å²) in [5, 5.41) is 8.35. The van der Waals surface area contributed by atoms with Gasteiger partial charge in [-0.15, -0.1) is 0 Å². The van der Waals surface area contributed by atoms with Crippen molar-refractivity contribution in [1.82, 2.24) is 15.7 Å². The Hall–Kier alpha value is -2.34. The van der Waals surface area contributed by atoms with E-state index in [-0.39, 0.29) is 5.91 Å². The van der Waals surface area contributed by atoms with Crippen LogP contribution in [0.25, 0.3) is 10.9 Å². The van der Waals surface area contributed by atoms with Crippen LogP contribution in [-0.2, 0) is 0 Å². The molecule has 2 aliphatic rings. The van der Waals surface area contributed by atoms with Gasteiger partial charge in [-0.1, -0.05) is 0 Å². The first-order valence-electron chi connectivity index (χ1n) is 7.23. The molecule has 1 saturated heterocycles. The van der Waals surface area contributed by atoms with Crippen molar-refractivity contribution in [3.63, 3.8) is 0 Å². The average Bonchev–Trinajstić information content (AvgIpc) is 2.76. The van der Waals surface area contributed by atoms with E-state index >= 15 is 0 Å². The molecule has 0 unspecified atom stereocenters. The summed E-state index contributed by atoms with van der Waals surface area (Å²) in [6.45, 7) is 2.03. The SMILES string of the molecule is Nc1cc2c3c(c(C4CCNCC4)[nH]c3c1)C=NNC2=O. The predicted molar refractivity (Wildman–Crippen MR) is 82.6 cm³/mol. The van der Waals surface area contributed by atoms with E-state index in [2.05, 4.69) is 20.8 Å². The van der Waals surface area contributed by atoms with Gasteiger partial charge in [0.1, 0.15) is 0 Å². The highest BCUT2D eigenvalue weighted by Gasteiger charge is 2.25. The second-order valence-corrected chi connectivity index (χ2v) is 5.67. The summed E-state index contributed by atoms with van der Waals surface area (Å²) in [5.41, 5.74) is 12.7. The smallest absolute Gasteiger partial charge is 0.272 e. The van der Waals surface area contributed by atoms with Gasteiger partial charge in [0.2, 0.25) is 0 Å². The molecule has 4 rings (SSSR count). The van der Waals surface area contributed by atoms with E-state index in [0.29, 0.717) is 17.2 Å². The van der Waals surface area contributed by atoms with Crippen molar-refractivity contribution in [2.45, 2.75) is 18.8 Å². The van der Waals surface area contributed by atoms with Crippen LogP contribution in [-0.4, -0.2) is 30.2 Å². The molecule has 0 bridgehead atoms. The quantitative estimate of drug-likeness (QED) is 0.594. The summed E-state index contributed by atoms with van der Waals surface area (Å²) in [4.78, 5) is 15.6. The zero-order valence-electron chi connectivity index (χ0n) is 11.6. The Kier molecular flexibility index (Phi) is 2.71. The second-order valence-electron chi connectivity index (χ2n) is 5.67. The number of H-pyrrole nitrogens is 1. The van der Waals surface area contributed by atoms with E-state index in [1.807, 2.05) is 6.07 Å². The number of hydrazone groups is 1. The number of piperidine rings is 1. The molecule has 3 heterocycles. The first-order valence-corrected chi connectivity index (χ1v) is 7.23. The van der Waals surface area contributed by atoms with Gasteiger partial charge < -0.3 is 16.0 Å². The zero-order chi connectivity index (χ0) is 14.4. The molecular weight excluding hydrogens is 266 g/mol. The maximum Gasteiger partial charge on any atom is 0.272 e. The minimum atomic E-state index is -0.210. The molecule has 1 amide bonds. The van der Waals surface area contributed by atoms with Crippen LogP contribution in [0.1, 0.15) is 40.4 Å². The minimum Gasteiger partial charge on any atom is -0.399 e. The number of nitrogens with two attached hydrogens (primary N) is 1. The van der Waals surface area contributed by atoms with Crippen LogP contribution in [0.3, 0.4) is 0 Å². The standard InChI is InChI=1S/C15H17N5O/c16-9-5-10-13-11(7-18-20-15(10)21)14(19-12(13)6-9)8-1-3-17-4-2-8/h5-8,17,19H,1-4,16H2,(H,20,21). The summed E-state index contributed by atoms with van der Waals surface area (Å²) < 4.78 is 0. The van der Waals surface area contributed by atoms with E-state index in [1.165, 1.54) is 5.69 Å². The molecule has 1 aromatic carbocycles. The van der Waals surface area contributed by atoms with Gasteiger partial charge in [-0.05, 0) is 38.1 Å². The molecule has 108 valence electrons. The monoisotopic (exact) mass is 283 g/mol. The highest BCUT2D eigenvalue weighted by Crippen LogP contribution is 2.35. The normalized spacial score (nSPS) is 18.8. The summed E-state index contributed by atoms with van der Waals surface area (Å²) in [6.07, 6.45) is 3.92. The molecule has 0 aliphatic carbocycles. The molecule has 0 saturated carbocycles. The molecule has 0 spiro atoms. The highest BCUT2D eigenvalue weighted by atomic mass is 16.2. The molecule has 2 aliphatic heterocycles. The Morgan fingerprint density at radius 1 is 1.24 bits per heavy atom. The van der Waals surface area contributed by atoms with E-state index in [9.17, 15) is 4.79 Å². The average molecular weight is 283 g/mol. The van der Waals surface area contributed by atoms with Crippen molar-refractivity contribution in [1.29, 1.82) is 0 Å². The lowest BCUT2D eigenvalue weighted by Gasteiger charge is -2.22. The number of aromatic nitrogens is 1. The fourth-order valence-electron chi connectivity index (χ4n) is 3.36. The second kappa shape index (κ2) is 4.60. The molecule has 0 radical (unpaired) electrons. The first-order chi connectivity index (χ1) is 10.2. The van der Waals surface area contributed by atoms with E-state index < -0.39 is 0 Å². The van der Waals surface area contributed by atoms with Crippen molar-refractivity contribution in [3.8, 4) is 0 Å². The number of hydrogen-bond donors (Lipinski definition) is 4. The number of nitrogen functional groups attached to an aromatic ring is 1. The van der Waals surface area contributed by atoms with Gasteiger partial charge >= 0.3 is 0 Å². The molecule has 1 aromatic heterocycles. The van der Waals surface area contributed by atoms with Crippen LogP contribution in [0.15, 0.2) is 17.2 Å². The van der Waals surface area contributed by atoms with Gasteiger partial charge in [-0.25, -0.2) is 5.43 Å². The Morgan fingerprint density at radius 3 is 2.86 bits per heavy atom. The van der Waals surface area contributed by atoms with Crippen LogP contribution >= 0.6 is 0 Å². The van der Waals surface area contributed by atoms with Gasteiger partial charge in [-0.3, -0.25) is 4.79 Å². The van der Waals surface area contributed by atoms with Crippen molar-refractivity contribution in [2.24, 2.45) is 5.10 Å². The van der Waals surface area contributed by atoms with Crippen LogP contribution in [0.5, 0.6) is 0 Å². The maximum absolute atomic E-state index is 12.1. The number of nitrogens with zero attached hydrogens (tertiary/aromatic N) is 1. The van der Waals surface area contributed by atoms with Crippen LogP contribution in [0.4, 0.5) is 5.69 Å². The lowest BCUT2D eigenvalue weighted by Crippen LogP contribution is -2.27. The Bertz CT molecular complexity index is 755. The fourth-order valence-corrected chi connectivity index (χ4v) is 3.36. The Balaban J connectivity index is 1.98. The fraction of sp³-hybridized carbons (Fsp3) is 0.333. The molecule has 21 heavy (non-hydrogen) atoms. The van der Waals surface area contributed by atoms with Crippen molar-refractivity contribution in [2.75, 3.05) is 18.8 Å². The number of carbonyl (C=O) groups is 1. The van der Waals surface area contributed by atoms with Crippen LogP contribution in [0.2, 0.25) is 0 Å². The van der Waals surface area contributed by atoms with E-state index in [4.69, 9.17) is 5.73 Å². The highest BCUT2D eigenvalue weighted by molar-refractivity contribution is 6.15. The largest absolute Gasteiger partial charge is 0.399 e. The first kappa shape index (κ1) is 12.4. The minimum absolute atomic E-state index is 0.210. The van der Waals surface area contributed by atoms with Crippen molar-refractivity contribution >= 4 is 28.7 Å². The lowest BCUT2D eigenvalue weighted by atomic mass is 9.91. The third-order valence-electron chi connectivity index (χ3n) is 4.34. The number of aromatic amines is 1. The number of hydrogen-bond acceptors (Lipinski definition) is 4. The molecule has 1 fully saturated rings. The van der Waals surface area contributed by atoms with Crippen LogP contribution < -0.4 is 16.5 Å². The van der Waals surface area contributed by atoms with E-state index in [1.54, 1.807) is 12.3 Å². The molecule has 0 atom stereocenters. The number of amides is 1. The van der Waals surface area contributed by atoms with Gasteiger partial charge in [-0.2, -0.15) is 5.10 Å². The van der Waals surface area contributed by atoms with E-state index in [0.717, 1.165) is 42.4 Å². The molecule has 6 heteroatoms. The van der Waals surface area contributed by atoms with Crippen LogP contribution in [0, 0.1) is 0 Å².